The van der Waals surface area contributed by atoms with Gasteiger partial charge in [-0.2, -0.15) is 0 Å². The molecule has 30 heavy (non-hydrogen) atoms. The molecule has 1 aliphatic heterocycles. The third-order valence-corrected chi connectivity index (χ3v) is 5.91. The van der Waals surface area contributed by atoms with Crippen LogP contribution in [0.4, 0.5) is 0 Å². The minimum Gasteiger partial charge on any atom is -0.465 e. The number of carbonyl (C=O) groups excluding carboxylic acids is 3. The fourth-order valence-corrected chi connectivity index (χ4v) is 4.34. The van der Waals surface area contributed by atoms with E-state index in [1.807, 2.05) is 12.3 Å². The van der Waals surface area contributed by atoms with Gasteiger partial charge in [0.05, 0.1) is 18.7 Å². The van der Waals surface area contributed by atoms with Crippen LogP contribution in [0, 0.1) is 6.92 Å². The molecule has 0 N–H and O–H groups in total. The van der Waals surface area contributed by atoms with Crippen molar-refractivity contribution in [2.75, 3.05) is 27.7 Å². The first-order chi connectivity index (χ1) is 14.3. The normalized spacial score (nSPS) is 16.1. The van der Waals surface area contributed by atoms with Crippen molar-refractivity contribution in [3.05, 3.63) is 63.2 Å². The molecule has 1 amide bonds. The van der Waals surface area contributed by atoms with Gasteiger partial charge in [0.2, 0.25) is 0 Å². The maximum Gasteiger partial charge on any atom is 0.337 e. The lowest BCUT2D eigenvalue weighted by Crippen LogP contribution is -2.31. The van der Waals surface area contributed by atoms with Gasteiger partial charge in [0.15, 0.2) is 5.78 Å². The second kappa shape index (κ2) is 9.21. The van der Waals surface area contributed by atoms with Gasteiger partial charge in [0.1, 0.15) is 5.01 Å². The standard InChI is InChI=1S/C22H25N3O4S/c1-14-13-30-20(23-14)18-6-5-8-25(18)21(27)16-10-15(19(26)7-9-24(2)3)11-17(12-16)22(28)29-4/h7,9-13,18H,5-6,8H2,1-4H3/b9-7+. The number of ether oxygens (including phenoxy) is 1. The lowest BCUT2D eigenvalue weighted by Gasteiger charge is -2.23. The molecule has 7 nitrogen and oxygen atoms in total. The fraction of sp³-hybridized carbons (Fsp3) is 0.364. The molecule has 1 fully saturated rings. The molecule has 1 unspecified atom stereocenters. The number of allylic oxidation sites excluding steroid dienone is 1. The van der Waals surface area contributed by atoms with Gasteiger partial charge >= 0.3 is 5.97 Å². The van der Waals surface area contributed by atoms with Crippen molar-refractivity contribution in [3.8, 4) is 0 Å². The van der Waals surface area contributed by atoms with Gasteiger partial charge in [-0.15, -0.1) is 11.3 Å². The Labute approximate surface area is 180 Å². The van der Waals surface area contributed by atoms with E-state index in [-0.39, 0.29) is 28.9 Å². The van der Waals surface area contributed by atoms with Crippen molar-refractivity contribution in [1.29, 1.82) is 0 Å². The van der Waals surface area contributed by atoms with Crippen LogP contribution in [0.5, 0.6) is 0 Å². The highest BCUT2D eigenvalue weighted by Gasteiger charge is 2.33. The SMILES string of the molecule is COC(=O)c1cc(C(=O)/C=C/N(C)C)cc(C(=O)N2CCCC2c2nc(C)cs2)c1. The Morgan fingerprint density at radius 2 is 1.90 bits per heavy atom. The van der Waals surface area contributed by atoms with Crippen molar-refractivity contribution in [2.45, 2.75) is 25.8 Å². The number of carbonyl (C=O) groups is 3. The van der Waals surface area contributed by atoms with Crippen LogP contribution in [0.1, 0.15) is 60.7 Å². The summed E-state index contributed by atoms with van der Waals surface area (Å²) in [5.41, 5.74) is 1.66. The van der Waals surface area contributed by atoms with Gasteiger partial charge in [-0.25, -0.2) is 9.78 Å². The number of likely N-dealkylation sites (tertiary alicyclic amines) is 1. The topological polar surface area (TPSA) is 79.8 Å². The minimum atomic E-state index is -0.594. The summed E-state index contributed by atoms with van der Waals surface area (Å²) in [6, 6.07) is 4.39. The Hall–Kier alpha value is -3.00. The van der Waals surface area contributed by atoms with E-state index in [1.54, 1.807) is 47.5 Å². The smallest absolute Gasteiger partial charge is 0.337 e. The largest absolute Gasteiger partial charge is 0.465 e. The quantitative estimate of drug-likeness (QED) is 0.399. The summed E-state index contributed by atoms with van der Waals surface area (Å²) in [6.07, 6.45) is 4.74. The summed E-state index contributed by atoms with van der Waals surface area (Å²) in [6.45, 7) is 2.54. The number of ketones is 1. The van der Waals surface area contributed by atoms with Crippen molar-refractivity contribution < 1.29 is 19.1 Å². The number of thiazole rings is 1. The number of hydrogen-bond donors (Lipinski definition) is 0. The van der Waals surface area contributed by atoms with Gasteiger partial charge in [0.25, 0.3) is 5.91 Å². The molecular weight excluding hydrogens is 402 g/mol. The van der Waals surface area contributed by atoms with E-state index in [2.05, 4.69) is 4.98 Å². The zero-order valence-corrected chi connectivity index (χ0v) is 18.4. The molecule has 2 heterocycles. The molecule has 2 aromatic rings. The summed E-state index contributed by atoms with van der Waals surface area (Å²) in [5.74, 6) is -1.11. The van der Waals surface area contributed by atoms with Crippen molar-refractivity contribution in [3.63, 3.8) is 0 Å². The van der Waals surface area contributed by atoms with E-state index < -0.39 is 5.97 Å². The number of esters is 1. The van der Waals surface area contributed by atoms with Crippen LogP contribution < -0.4 is 0 Å². The third kappa shape index (κ3) is 4.76. The Morgan fingerprint density at radius 3 is 2.53 bits per heavy atom. The molecule has 0 radical (unpaired) electrons. The van der Waals surface area contributed by atoms with Gasteiger partial charge in [-0.05, 0) is 38.0 Å². The number of methoxy groups -OCH3 is 1. The van der Waals surface area contributed by atoms with Gasteiger partial charge in [-0.1, -0.05) is 0 Å². The maximum atomic E-state index is 13.4. The second-order valence-corrected chi connectivity index (χ2v) is 8.31. The molecule has 0 bridgehead atoms. The molecule has 1 aliphatic rings. The average Bonchev–Trinajstić information content (AvgIpc) is 3.39. The molecule has 158 valence electrons. The van der Waals surface area contributed by atoms with Crippen LogP contribution in [-0.4, -0.2) is 60.2 Å². The first kappa shape index (κ1) is 21.7. The summed E-state index contributed by atoms with van der Waals surface area (Å²) < 4.78 is 4.81. The Balaban J connectivity index is 1.96. The molecule has 0 saturated carbocycles. The number of aryl methyl sites for hydroxylation is 1. The molecule has 0 aliphatic carbocycles. The molecule has 1 saturated heterocycles. The second-order valence-electron chi connectivity index (χ2n) is 7.42. The van der Waals surface area contributed by atoms with Crippen LogP contribution in [0.3, 0.4) is 0 Å². The summed E-state index contributed by atoms with van der Waals surface area (Å²) in [7, 11) is 4.88. The van der Waals surface area contributed by atoms with Crippen LogP contribution in [0.25, 0.3) is 0 Å². The van der Waals surface area contributed by atoms with Gasteiger partial charge in [-0.3, -0.25) is 9.59 Å². The summed E-state index contributed by atoms with van der Waals surface area (Å²) in [4.78, 5) is 46.2. The molecule has 1 aromatic heterocycles. The predicted octanol–water partition coefficient (Wildman–Crippen LogP) is 3.47. The molecule has 1 atom stereocenters. The first-order valence-corrected chi connectivity index (χ1v) is 10.5. The van der Waals surface area contributed by atoms with E-state index in [9.17, 15) is 14.4 Å². The zero-order chi connectivity index (χ0) is 21.8. The van der Waals surface area contributed by atoms with E-state index in [0.717, 1.165) is 23.5 Å². The number of benzene rings is 1. The Morgan fingerprint density at radius 1 is 1.20 bits per heavy atom. The van der Waals surface area contributed by atoms with Crippen LogP contribution in [0.15, 0.2) is 35.9 Å². The van der Waals surface area contributed by atoms with Crippen LogP contribution in [-0.2, 0) is 4.74 Å². The molecule has 0 spiro atoms. The monoisotopic (exact) mass is 427 g/mol. The molecule has 8 heteroatoms. The number of amides is 1. The predicted molar refractivity (Wildman–Crippen MR) is 115 cm³/mol. The zero-order valence-electron chi connectivity index (χ0n) is 17.5. The average molecular weight is 428 g/mol. The van der Waals surface area contributed by atoms with Gasteiger partial charge in [0, 0.05) is 55.1 Å². The number of aromatic nitrogens is 1. The minimum absolute atomic E-state index is 0.0919. The van der Waals surface area contributed by atoms with E-state index in [0.29, 0.717) is 12.1 Å². The van der Waals surface area contributed by atoms with Gasteiger partial charge < -0.3 is 14.5 Å². The van der Waals surface area contributed by atoms with Crippen molar-refractivity contribution in [2.24, 2.45) is 0 Å². The van der Waals surface area contributed by atoms with E-state index in [4.69, 9.17) is 4.74 Å². The lowest BCUT2D eigenvalue weighted by atomic mass is 10.0. The number of nitrogens with zero attached hydrogens (tertiary/aromatic N) is 3. The highest BCUT2D eigenvalue weighted by atomic mass is 32.1. The van der Waals surface area contributed by atoms with Crippen molar-refractivity contribution >= 4 is 29.0 Å². The molecule has 3 rings (SSSR count). The maximum absolute atomic E-state index is 13.4. The van der Waals surface area contributed by atoms with E-state index in [1.165, 1.54) is 25.3 Å². The number of rotatable bonds is 6. The molecule has 1 aromatic carbocycles. The number of hydrogen-bond acceptors (Lipinski definition) is 7. The summed E-state index contributed by atoms with van der Waals surface area (Å²) in [5, 5.41) is 2.88. The Bertz CT molecular complexity index is 996. The highest BCUT2D eigenvalue weighted by molar-refractivity contribution is 7.09. The third-order valence-electron chi connectivity index (χ3n) is 4.85. The fourth-order valence-electron chi connectivity index (χ4n) is 3.40. The lowest BCUT2D eigenvalue weighted by molar-refractivity contribution is 0.0600. The summed E-state index contributed by atoms with van der Waals surface area (Å²) >= 11 is 1.55. The highest BCUT2D eigenvalue weighted by Crippen LogP contribution is 2.35. The van der Waals surface area contributed by atoms with Crippen LogP contribution >= 0.6 is 11.3 Å². The first-order valence-electron chi connectivity index (χ1n) is 9.65. The van der Waals surface area contributed by atoms with E-state index >= 15 is 0 Å². The Kier molecular flexibility index (Phi) is 6.66. The molecular formula is C22H25N3O4S. The van der Waals surface area contributed by atoms with Crippen LogP contribution in [0.2, 0.25) is 0 Å². The van der Waals surface area contributed by atoms with Crippen molar-refractivity contribution in [1.82, 2.24) is 14.8 Å².